The molecule has 0 aliphatic carbocycles. The summed E-state index contributed by atoms with van der Waals surface area (Å²) < 4.78 is 0. The van der Waals surface area contributed by atoms with Crippen molar-refractivity contribution in [3.8, 4) is 0 Å². The van der Waals surface area contributed by atoms with E-state index in [2.05, 4.69) is 121 Å². The van der Waals surface area contributed by atoms with Gasteiger partial charge >= 0.3 is 26.8 Å². The Kier molecular flexibility index (Phi) is 17.6. The fourth-order valence-electron chi connectivity index (χ4n) is 4.08. The van der Waals surface area contributed by atoms with Crippen LogP contribution in [0.2, 0.25) is 39.3 Å². The third-order valence-corrected chi connectivity index (χ3v) is 9.51. The zero-order valence-electron chi connectivity index (χ0n) is 22.6. The van der Waals surface area contributed by atoms with Crippen LogP contribution in [0, 0.1) is 28.7 Å². The molecule has 0 heterocycles. The summed E-state index contributed by atoms with van der Waals surface area (Å²) in [5.74, 6) is 0. The molecule has 0 aromatic heterocycles. The molecule has 0 aliphatic rings. The Morgan fingerprint density at radius 3 is 1.18 bits per heavy atom. The monoisotopic (exact) mass is 580 g/mol. The molecule has 188 valence electrons. The first-order valence-corrected chi connectivity index (χ1v) is 20.4. The van der Waals surface area contributed by atoms with Crippen LogP contribution in [0.15, 0.2) is 60.7 Å². The van der Waals surface area contributed by atoms with Crippen LogP contribution in [0.1, 0.15) is 11.1 Å². The van der Waals surface area contributed by atoms with Gasteiger partial charge in [0, 0.05) is 0 Å². The van der Waals surface area contributed by atoms with E-state index < -0.39 is 16.1 Å². The van der Waals surface area contributed by atoms with Gasteiger partial charge < -0.3 is 14.9 Å². The first kappa shape index (κ1) is 38.1. The molecule has 0 N–H and O–H groups in total. The van der Waals surface area contributed by atoms with E-state index >= 15 is 0 Å². The standard InChI is InChI=1S/2C13H17Si.2CH3.2ClH.Si.Ti/c2*1-10-8-11-6-5-7-13(12(11)9-10)14(2,3)4;;;;;;/h2*5-9H,1-4H3;2*1H3;2*1H;;/q4*-1;;;;. The van der Waals surface area contributed by atoms with Gasteiger partial charge in [0.05, 0.1) is 16.1 Å². The van der Waals surface area contributed by atoms with Crippen LogP contribution in [0.25, 0.3) is 21.5 Å². The van der Waals surface area contributed by atoms with Gasteiger partial charge in [-0.05, 0) is 0 Å². The number of halogens is 2. The van der Waals surface area contributed by atoms with E-state index in [0.717, 1.165) is 0 Å². The maximum absolute atomic E-state index is 2.97. The molecule has 0 nitrogen and oxygen atoms in total. The van der Waals surface area contributed by atoms with Gasteiger partial charge in [-0.25, -0.2) is 0 Å². The fraction of sp³-hybridized carbons (Fsp3) is 0.286. The molecule has 0 saturated heterocycles. The quantitative estimate of drug-likeness (QED) is 0.165. The summed E-state index contributed by atoms with van der Waals surface area (Å²) in [4.78, 5) is 0. The van der Waals surface area contributed by atoms with E-state index in [1.807, 2.05) is 0 Å². The number of fused-ring (bicyclic) bond motifs is 2. The maximum atomic E-state index is 2.97. The second-order valence-corrected chi connectivity index (χ2v) is 20.3. The van der Waals surface area contributed by atoms with Crippen molar-refractivity contribution in [2.75, 3.05) is 0 Å². The van der Waals surface area contributed by atoms with Gasteiger partial charge in [-0.15, -0.1) is 93.5 Å². The van der Waals surface area contributed by atoms with Gasteiger partial charge in [0.15, 0.2) is 0 Å². The molecule has 4 aromatic rings. The molecule has 0 spiro atoms. The summed E-state index contributed by atoms with van der Waals surface area (Å²) >= 11 is 1.81. The Morgan fingerprint density at radius 2 is 0.912 bits per heavy atom. The summed E-state index contributed by atoms with van der Waals surface area (Å²) in [7, 11) is 0.603. The van der Waals surface area contributed by atoms with Crippen LogP contribution in [-0.2, 0) is 19.2 Å². The molecule has 6 heteroatoms. The molecule has 0 amide bonds. The normalized spacial score (nSPS) is 10.2. The fourth-order valence-corrected chi connectivity index (χ4v) is 7.32. The van der Waals surface area contributed by atoms with Crippen LogP contribution in [-0.4, -0.2) is 23.8 Å². The molecule has 0 atom stereocenters. The van der Waals surface area contributed by atoms with Gasteiger partial charge in [0.1, 0.15) is 0 Å². The average Bonchev–Trinajstić information content (AvgIpc) is 3.21. The predicted molar refractivity (Wildman–Crippen MR) is 168 cm³/mol. The second kappa shape index (κ2) is 15.7. The molecular weight excluding hydrogens is 539 g/mol. The molecular formula is C28H42Cl2Si3Ti-4. The second-order valence-electron chi connectivity index (χ2n) is 10.2. The predicted octanol–water partition coefficient (Wildman–Crippen LogP) is 8.19. The van der Waals surface area contributed by atoms with E-state index in [1.165, 1.54) is 32.7 Å². The third-order valence-electron chi connectivity index (χ3n) is 5.41. The van der Waals surface area contributed by atoms with Crippen molar-refractivity contribution in [1.29, 1.82) is 0 Å². The summed E-state index contributed by atoms with van der Waals surface area (Å²) in [6.07, 6.45) is 0. The average molecular weight is 582 g/mol. The van der Waals surface area contributed by atoms with E-state index in [0.29, 0.717) is 0 Å². The summed E-state index contributed by atoms with van der Waals surface area (Å²) in [6, 6.07) is 22.6. The van der Waals surface area contributed by atoms with Crippen LogP contribution < -0.4 is 10.4 Å². The van der Waals surface area contributed by atoms with E-state index in [9.17, 15) is 0 Å². The van der Waals surface area contributed by atoms with Crippen molar-refractivity contribution in [2.45, 2.75) is 53.1 Å². The van der Waals surface area contributed by atoms with Gasteiger partial charge in [0.2, 0.25) is 0 Å². The Balaban J connectivity index is -0.000000475. The van der Waals surface area contributed by atoms with E-state index in [4.69, 9.17) is 0 Å². The first-order chi connectivity index (χ1) is 14.0. The van der Waals surface area contributed by atoms with Crippen LogP contribution in [0.3, 0.4) is 0 Å². The van der Waals surface area contributed by atoms with Crippen molar-refractivity contribution >= 4 is 80.5 Å². The molecule has 0 aliphatic heterocycles. The van der Waals surface area contributed by atoms with Gasteiger partial charge in [-0.2, -0.15) is 22.9 Å². The summed E-state index contributed by atoms with van der Waals surface area (Å²) in [6.45, 7) is 18.8. The number of aryl methyl sites for hydroxylation is 2. The molecule has 0 fully saturated rings. The molecule has 2 radical (unpaired) electrons. The van der Waals surface area contributed by atoms with Crippen molar-refractivity contribution < 1.29 is 19.2 Å². The molecule has 0 bridgehead atoms. The molecule has 0 unspecified atom stereocenters. The van der Waals surface area contributed by atoms with E-state index in [1.54, 1.807) is 29.5 Å². The van der Waals surface area contributed by atoms with E-state index in [-0.39, 0.29) is 39.7 Å². The SMILES string of the molecule is Cc1cc2c([Si](C)(C)C)cccc2[cH-]1.Cc1cc2c([Si](C)(C)C)cccc2[cH-]1.Cl.Cl.[CH3-].[CH3-].[Si]=[Ti]. The molecule has 34 heavy (non-hydrogen) atoms. The van der Waals surface area contributed by atoms with Crippen molar-refractivity contribution in [3.05, 3.63) is 86.6 Å². The minimum absolute atomic E-state index is 0. The van der Waals surface area contributed by atoms with Crippen molar-refractivity contribution in [3.63, 3.8) is 0 Å². The molecule has 0 saturated carbocycles. The Hall–Kier alpha value is -0.395. The van der Waals surface area contributed by atoms with Crippen LogP contribution in [0.5, 0.6) is 0 Å². The molecule has 4 aromatic carbocycles. The Labute approximate surface area is 237 Å². The number of hydrogen-bond donors (Lipinski definition) is 0. The zero-order valence-corrected chi connectivity index (χ0v) is 28.8. The molecule has 4 rings (SSSR count). The minimum atomic E-state index is -1.18. The number of benzene rings is 2. The van der Waals surface area contributed by atoms with Gasteiger partial charge in [-0.1, -0.05) is 65.3 Å². The summed E-state index contributed by atoms with van der Waals surface area (Å²) in [5, 5.41) is 8.93. The van der Waals surface area contributed by atoms with Gasteiger partial charge in [-0.3, -0.25) is 0 Å². The summed E-state index contributed by atoms with van der Waals surface area (Å²) in [5.41, 5.74) is 2.76. The topological polar surface area (TPSA) is 0 Å². The third kappa shape index (κ3) is 9.57. The first-order valence-electron chi connectivity index (χ1n) is 10.5. The van der Waals surface area contributed by atoms with Crippen molar-refractivity contribution in [2.24, 2.45) is 0 Å². The van der Waals surface area contributed by atoms with Crippen molar-refractivity contribution in [1.82, 2.24) is 0 Å². The Bertz CT molecular complexity index is 1040. The number of rotatable bonds is 2. The van der Waals surface area contributed by atoms with Crippen LogP contribution in [0.4, 0.5) is 0 Å². The Morgan fingerprint density at radius 1 is 0.618 bits per heavy atom. The number of hydrogen-bond acceptors (Lipinski definition) is 0. The van der Waals surface area contributed by atoms with Gasteiger partial charge in [0.25, 0.3) is 0 Å². The zero-order chi connectivity index (χ0) is 22.7. The van der Waals surface area contributed by atoms with Crippen LogP contribution >= 0.6 is 24.8 Å².